The number of rotatable bonds is 3. The first-order valence-corrected chi connectivity index (χ1v) is 8.77. The summed E-state index contributed by atoms with van der Waals surface area (Å²) in [5.41, 5.74) is 1.93. The molecule has 4 rings (SSSR count). The smallest absolute Gasteiger partial charge is 0.308 e. The number of imidazole rings is 1. The zero-order chi connectivity index (χ0) is 20.2. The van der Waals surface area contributed by atoms with Crippen LogP contribution >= 0.6 is 0 Å². The molecule has 0 atom stereocenters. The Balaban J connectivity index is 1.60. The largest absolute Gasteiger partial charge is 0.332 e. The Morgan fingerprint density at radius 2 is 1.48 bits per heavy atom. The van der Waals surface area contributed by atoms with Gasteiger partial charge in [-0.15, -0.1) is 0 Å². The zero-order valence-electron chi connectivity index (χ0n) is 15.5. The molecule has 0 aliphatic heterocycles. The monoisotopic (exact) mass is 387 g/mol. The Labute approximate surface area is 166 Å². The summed E-state index contributed by atoms with van der Waals surface area (Å²) >= 11 is 0. The van der Waals surface area contributed by atoms with Gasteiger partial charge in [0.2, 0.25) is 0 Å². The van der Waals surface area contributed by atoms with Crippen LogP contribution < -0.4 is 15.5 Å². The van der Waals surface area contributed by atoms with E-state index in [1.807, 2.05) is 36.4 Å². The van der Waals surface area contributed by atoms with Crippen molar-refractivity contribution in [1.29, 1.82) is 0 Å². The summed E-state index contributed by atoms with van der Waals surface area (Å²) < 4.78 is 1.27. The van der Waals surface area contributed by atoms with E-state index < -0.39 is 6.03 Å². The number of hydrogen-bond donors (Lipinski definition) is 2. The molecule has 0 bridgehead atoms. The van der Waals surface area contributed by atoms with Crippen LogP contribution in [0.1, 0.15) is 0 Å². The maximum Gasteiger partial charge on any atom is 0.332 e. The topological polar surface area (TPSA) is 105 Å². The van der Waals surface area contributed by atoms with E-state index in [2.05, 4.69) is 25.6 Å². The molecule has 0 fully saturated rings. The number of nitrogens with one attached hydrogen (secondary N) is 2. The Kier molecular flexibility index (Phi) is 4.85. The minimum atomic E-state index is -0.417. The van der Waals surface area contributed by atoms with Crippen molar-refractivity contribution < 1.29 is 9.59 Å². The number of carbonyl (C=O) groups is 2. The highest BCUT2D eigenvalue weighted by molar-refractivity contribution is 6.05. The van der Waals surface area contributed by atoms with Crippen LogP contribution in [-0.4, -0.2) is 38.6 Å². The van der Waals surface area contributed by atoms with Gasteiger partial charge < -0.3 is 10.6 Å². The van der Waals surface area contributed by atoms with Gasteiger partial charge in [-0.25, -0.2) is 29.1 Å². The summed E-state index contributed by atoms with van der Waals surface area (Å²) in [5.74, 6) is 0.287. The van der Waals surface area contributed by atoms with Crippen molar-refractivity contribution in [3.05, 3.63) is 73.3 Å². The van der Waals surface area contributed by atoms with Gasteiger partial charge in [0.15, 0.2) is 17.0 Å². The van der Waals surface area contributed by atoms with Gasteiger partial charge in [0.1, 0.15) is 12.7 Å². The number of fused-ring (bicyclic) bond motifs is 1. The van der Waals surface area contributed by atoms with Crippen LogP contribution in [0.4, 0.5) is 26.8 Å². The standard InChI is InChI=1S/C20H17N7O2/c1-26(19(28)24-14-8-4-2-5-9-14)17-16-18(22-12-21-17)27(13-23-16)20(29)25-15-10-6-3-7-11-15/h2-13H,1H3,(H,24,28)(H,25,29). The third-order valence-electron chi connectivity index (χ3n) is 4.21. The molecule has 0 aliphatic carbocycles. The van der Waals surface area contributed by atoms with Gasteiger partial charge in [0.05, 0.1) is 0 Å². The number of urea groups is 1. The van der Waals surface area contributed by atoms with Gasteiger partial charge >= 0.3 is 12.1 Å². The summed E-state index contributed by atoms with van der Waals surface area (Å²) in [6.07, 6.45) is 2.64. The molecule has 0 spiro atoms. The molecule has 4 aromatic rings. The predicted octanol–water partition coefficient (Wildman–Crippen LogP) is 3.57. The molecule has 2 aromatic carbocycles. The van der Waals surface area contributed by atoms with Crippen molar-refractivity contribution in [2.75, 3.05) is 22.6 Å². The van der Waals surface area contributed by atoms with Gasteiger partial charge in [-0.3, -0.25) is 4.90 Å². The maximum absolute atomic E-state index is 12.6. The van der Waals surface area contributed by atoms with Crippen molar-refractivity contribution in [2.45, 2.75) is 0 Å². The molecule has 0 unspecified atom stereocenters. The number of hydrogen-bond acceptors (Lipinski definition) is 5. The highest BCUT2D eigenvalue weighted by Crippen LogP contribution is 2.21. The Morgan fingerprint density at radius 1 is 0.862 bits per heavy atom. The second kappa shape index (κ2) is 7.77. The summed E-state index contributed by atoms with van der Waals surface area (Å²) in [6.45, 7) is 0. The number of aromatic nitrogens is 4. The van der Waals surface area contributed by atoms with E-state index in [1.54, 1.807) is 31.3 Å². The quantitative estimate of drug-likeness (QED) is 0.559. The van der Waals surface area contributed by atoms with Crippen LogP contribution in [0.5, 0.6) is 0 Å². The third kappa shape index (κ3) is 3.74. The number of carbonyl (C=O) groups excluding carboxylic acids is 2. The van der Waals surface area contributed by atoms with E-state index in [1.165, 1.54) is 22.1 Å². The van der Waals surface area contributed by atoms with Crippen molar-refractivity contribution in [2.24, 2.45) is 0 Å². The number of nitrogens with zero attached hydrogens (tertiary/aromatic N) is 5. The summed E-state index contributed by atoms with van der Waals surface area (Å²) in [7, 11) is 1.57. The molecule has 29 heavy (non-hydrogen) atoms. The van der Waals surface area contributed by atoms with Gasteiger partial charge in [0.25, 0.3) is 0 Å². The molecule has 144 valence electrons. The molecule has 0 radical (unpaired) electrons. The normalized spacial score (nSPS) is 10.5. The van der Waals surface area contributed by atoms with Crippen molar-refractivity contribution in [3.63, 3.8) is 0 Å². The van der Waals surface area contributed by atoms with Gasteiger partial charge in [-0.1, -0.05) is 36.4 Å². The van der Waals surface area contributed by atoms with Gasteiger partial charge in [-0.05, 0) is 24.3 Å². The van der Waals surface area contributed by atoms with Gasteiger partial charge in [-0.2, -0.15) is 0 Å². The third-order valence-corrected chi connectivity index (χ3v) is 4.21. The predicted molar refractivity (Wildman–Crippen MR) is 110 cm³/mol. The highest BCUT2D eigenvalue weighted by Gasteiger charge is 2.20. The lowest BCUT2D eigenvalue weighted by Crippen LogP contribution is -2.32. The second-order valence-corrected chi connectivity index (χ2v) is 6.14. The first-order valence-electron chi connectivity index (χ1n) is 8.77. The molecule has 0 aliphatic rings. The van der Waals surface area contributed by atoms with Crippen molar-refractivity contribution in [3.8, 4) is 0 Å². The zero-order valence-corrected chi connectivity index (χ0v) is 15.5. The number of benzene rings is 2. The lowest BCUT2D eigenvalue weighted by Gasteiger charge is -2.17. The first kappa shape index (κ1) is 18.1. The number of amides is 3. The fourth-order valence-corrected chi connectivity index (χ4v) is 2.75. The average Bonchev–Trinajstić information content (AvgIpc) is 3.19. The minimum Gasteiger partial charge on any atom is -0.308 e. The highest BCUT2D eigenvalue weighted by atomic mass is 16.2. The lowest BCUT2D eigenvalue weighted by molar-refractivity contribution is 0.254. The van der Waals surface area contributed by atoms with Crippen LogP contribution in [0.25, 0.3) is 11.2 Å². The van der Waals surface area contributed by atoms with E-state index in [4.69, 9.17) is 0 Å². The molecule has 0 saturated heterocycles. The summed E-state index contributed by atoms with van der Waals surface area (Å²) in [4.78, 5) is 39.1. The molecule has 9 nitrogen and oxygen atoms in total. The van der Waals surface area contributed by atoms with E-state index in [0.717, 1.165) is 0 Å². The molecule has 0 saturated carbocycles. The Bertz CT molecular complexity index is 1160. The summed E-state index contributed by atoms with van der Waals surface area (Å²) in [5, 5.41) is 5.55. The molecule has 2 heterocycles. The molecule has 2 N–H and O–H groups in total. The van der Waals surface area contributed by atoms with Crippen LogP contribution in [0, 0.1) is 0 Å². The number of anilines is 3. The van der Waals surface area contributed by atoms with Crippen LogP contribution in [0.3, 0.4) is 0 Å². The fourth-order valence-electron chi connectivity index (χ4n) is 2.75. The second-order valence-electron chi connectivity index (χ2n) is 6.14. The van der Waals surface area contributed by atoms with E-state index >= 15 is 0 Å². The van der Waals surface area contributed by atoms with Crippen molar-refractivity contribution >= 4 is 40.4 Å². The first-order chi connectivity index (χ1) is 14.1. The van der Waals surface area contributed by atoms with Crippen LogP contribution in [-0.2, 0) is 0 Å². The van der Waals surface area contributed by atoms with Crippen LogP contribution in [0.2, 0.25) is 0 Å². The molecule has 3 amide bonds. The number of para-hydroxylation sites is 2. The van der Waals surface area contributed by atoms with Crippen LogP contribution in [0.15, 0.2) is 73.3 Å². The fraction of sp³-hybridized carbons (Fsp3) is 0.0500. The lowest BCUT2D eigenvalue weighted by atomic mass is 10.3. The Hall–Kier alpha value is -4.27. The minimum absolute atomic E-state index is 0.287. The van der Waals surface area contributed by atoms with E-state index in [9.17, 15) is 9.59 Å². The van der Waals surface area contributed by atoms with Crippen molar-refractivity contribution in [1.82, 2.24) is 19.5 Å². The molecule has 9 heteroatoms. The van der Waals surface area contributed by atoms with E-state index in [-0.39, 0.29) is 11.8 Å². The average molecular weight is 387 g/mol. The maximum atomic E-state index is 12.6. The van der Waals surface area contributed by atoms with Gasteiger partial charge in [0, 0.05) is 18.4 Å². The molecular weight excluding hydrogens is 370 g/mol. The SMILES string of the molecule is CN(C(=O)Nc1ccccc1)c1ncnc2c1ncn2C(=O)Nc1ccccc1. The summed E-state index contributed by atoms with van der Waals surface area (Å²) in [6, 6.07) is 17.3. The Morgan fingerprint density at radius 3 is 2.14 bits per heavy atom. The molecular formula is C20H17N7O2. The van der Waals surface area contributed by atoms with E-state index in [0.29, 0.717) is 22.5 Å². The molecule has 2 aromatic heterocycles.